The van der Waals surface area contributed by atoms with Crippen LogP contribution in [0.15, 0.2) is 0 Å². The fourth-order valence-electron chi connectivity index (χ4n) is 2.77. The molecule has 2 unspecified atom stereocenters. The second kappa shape index (κ2) is 5.03. The van der Waals surface area contributed by atoms with Crippen molar-refractivity contribution in [3.8, 4) is 0 Å². The van der Waals surface area contributed by atoms with E-state index in [0.717, 1.165) is 19.1 Å². The van der Waals surface area contributed by atoms with Crippen molar-refractivity contribution in [2.75, 3.05) is 33.3 Å². The smallest absolute Gasteiger partial charge is 0.116 e. The lowest BCUT2D eigenvalue weighted by molar-refractivity contribution is -0.115. The molecule has 3 nitrogen and oxygen atoms in total. The van der Waals surface area contributed by atoms with E-state index in [1.165, 1.54) is 32.4 Å². The zero-order valence-corrected chi connectivity index (χ0v) is 11.0. The molecule has 0 aromatic carbocycles. The summed E-state index contributed by atoms with van der Waals surface area (Å²) in [5, 5.41) is 3.57. The summed E-state index contributed by atoms with van der Waals surface area (Å²) in [6, 6.07) is 0. The molecule has 0 spiro atoms. The van der Waals surface area contributed by atoms with Crippen LogP contribution in [0, 0.1) is 11.8 Å². The molecule has 2 saturated heterocycles. The van der Waals surface area contributed by atoms with Crippen molar-refractivity contribution in [1.29, 1.82) is 0 Å². The Labute approximate surface area is 99.5 Å². The van der Waals surface area contributed by atoms with Gasteiger partial charge in [0.2, 0.25) is 0 Å². The molecule has 3 heteroatoms. The molecule has 0 aromatic rings. The second-order valence-corrected chi connectivity index (χ2v) is 5.98. The van der Waals surface area contributed by atoms with Gasteiger partial charge in [0.25, 0.3) is 0 Å². The zero-order chi connectivity index (χ0) is 11.6. The monoisotopic (exact) mass is 226 g/mol. The average Bonchev–Trinajstić information content (AvgIpc) is 2.27. The molecule has 1 N–H and O–H groups in total. The van der Waals surface area contributed by atoms with E-state index in [0.29, 0.717) is 5.92 Å². The van der Waals surface area contributed by atoms with Crippen molar-refractivity contribution >= 4 is 0 Å². The number of nitrogens with one attached hydrogen (secondary N) is 1. The number of piperidine rings is 1. The highest BCUT2D eigenvalue weighted by molar-refractivity contribution is 4.83. The van der Waals surface area contributed by atoms with E-state index in [9.17, 15) is 0 Å². The first-order chi connectivity index (χ1) is 7.57. The summed E-state index contributed by atoms with van der Waals surface area (Å²) in [5.41, 5.74) is -0.0624. The Hall–Kier alpha value is -0.120. The summed E-state index contributed by atoms with van der Waals surface area (Å²) in [5.74, 6) is 1.49. The highest BCUT2D eigenvalue weighted by Crippen LogP contribution is 2.28. The van der Waals surface area contributed by atoms with Gasteiger partial charge in [-0.25, -0.2) is 0 Å². The Morgan fingerprint density at radius 3 is 2.62 bits per heavy atom. The van der Waals surface area contributed by atoms with Gasteiger partial charge in [-0.05, 0) is 58.2 Å². The van der Waals surface area contributed by atoms with E-state index in [4.69, 9.17) is 4.74 Å². The normalized spacial score (nSPS) is 38.8. The van der Waals surface area contributed by atoms with E-state index >= 15 is 0 Å². The molecule has 2 aliphatic heterocycles. The van der Waals surface area contributed by atoms with Gasteiger partial charge in [0.1, 0.15) is 5.72 Å². The van der Waals surface area contributed by atoms with Crippen molar-refractivity contribution in [3.05, 3.63) is 0 Å². The predicted molar refractivity (Wildman–Crippen MR) is 66.4 cm³/mol. The lowest BCUT2D eigenvalue weighted by Gasteiger charge is -2.41. The van der Waals surface area contributed by atoms with Crippen LogP contribution in [0.4, 0.5) is 0 Å². The molecule has 0 amide bonds. The number of ether oxygens (including phenoxy) is 1. The molecule has 0 radical (unpaired) electrons. The largest absolute Gasteiger partial charge is 0.361 e. The van der Waals surface area contributed by atoms with Crippen LogP contribution in [0.1, 0.15) is 33.1 Å². The standard InChI is InChI=1S/C13H26N2O/c1-11-9-14-13(2,16-10-11)8-12-4-6-15(3)7-5-12/h11-12,14H,4-10H2,1-3H3. The van der Waals surface area contributed by atoms with Crippen LogP contribution in [-0.2, 0) is 4.74 Å². The van der Waals surface area contributed by atoms with Gasteiger partial charge in [-0.15, -0.1) is 0 Å². The molecular weight excluding hydrogens is 200 g/mol. The van der Waals surface area contributed by atoms with E-state index < -0.39 is 0 Å². The summed E-state index contributed by atoms with van der Waals surface area (Å²) in [6.45, 7) is 8.97. The summed E-state index contributed by atoms with van der Waals surface area (Å²) < 4.78 is 5.98. The van der Waals surface area contributed by atoms with Crippen LogP contribution in [0.5, 0.6) is 0 Å². The maximum Gasteiger partial charge on any atom is 0.116 e. The fourth-order valence-corrected chi connectivity index (χ4v) is 2.77. The Kier molecular flexibility index (Phi) is 3.88. The summed E-state index contributed by atoms with van der Waals surface area (Å²) in [6.07, 6.45) is 3.83. The van der Waals surface area contributed by atoms with Gasteiger partial charge in [-0.2, -0.15) is 0 Å². The zero-order valence-electron chi connectivity index (χ0n) is 11.0. The minimum Gasteiger partial charge on any atom is -0.361 e. The van der Waals surface area contributed by atoms with Crippen molar-refractivity contribution in [1.82, 2.24) is 10.2 Å². The lowest BCUT2D eigenvalue weighted by atomic mass is 9.88. The van der Waals surface area contributed by atoms with Crippen molar-refractivity contribution in [2.45, 2.75) is 38.8 Å². The molecular formula is C13H26N2O. The predicted octanol–water partition coefficient (Wildman–Crippen LogP) is 1.69. The number of hydrogen-bond acceptors (Lipinski definition) is 3. The topological polar surface area (TPSA) is 24.5 Å². The second-order valence-electron chi connectivity index (χ2n) is 5.98. The Bertz CT molecular complexity index is 216. The Balaban J connectivity index is 1.80. The first-order valence-electron chi connectivity index (χ1n) is 6.65. The van der Waals surface area contributed by atoms with Crippen LogP contribution < -0.4 is 5.32 Å². The molecule has 16 heavy (non-hydrogen) atoms. The first-order valence-corrected chi connectivity index (χ1v) is 6.65. The summed E-state index contributed by atoms with van der Waals surface area (Å²) in [4.78, 5) is 2.43. The number of likely N-dealkylation sites (tertiary alicyclic amines) is 1. The van der Waals surface area contributed by atoms with Crippen LogP contribution in [0.25, 0.3) is 0 Å². The van der Waals surface area contributed by atoms with Gasteiger partial charge in [0.05, 0.1) is 6.61 Å². The van der Waals surface area contributed by atoms with Gasteiger partial charge in [-0.1, -0.05) is 6.92 Å². The van der Waals surface area contributed by atoms with Crippen molar-refractivity contribution in [2.24, 2.45) is 11.8 Å². The molecule has 0 bridgehead atoms. The van der Waals surface area contributed by atoms with E-state index in [2.05, 4.69) is 31.1 Å². The van der Waals surface area contributed by atoms with Gasteiger partial charge >= 0.3 is 0 Å². The maximum absolute atomic E-state index is 5.98. The van der Waals surface area contributed by atoms with Crippen molar-refractivity contribution in [3.63, 3.8) is 0 Å². The molecule has 0 aromatic heterocycles. The molecule has 0 saturated carbocycles. The molecule has 94 valence electrons. The highest BCUT2D eigenvalue weighted by Gasteiger charge is 2.33. The van der Waals surface area contributed by atoms with Crippen LogP contribution in [0.2, 0.25) is 0 Å². The SMILES string of the molecule is CC1CNC(C)(CC2CCN(C)CC2)OC1. The minimum atomic E-state index is -0.0624. The lowest BCUT2D eigenvalue weighted by Crippen LogP contribution is -2.53. The van der Waals surface area contributed by atoms with E-state index in [-0.39, 0.29) is 5.72 Å². The highest BCUT2D eigenvalue weighted by atomic mass is 16.5. The summed E-state index contributed by atoms with van der Waals surface area (Å²) in [7, 11) is 2.22. The van der Waals surface area contributed by atoms with Gasteiger partial charge in [0.15, 0.2) is 0 Å². The van der Waals surface area contributed by atoms with Gasteiger partial charge in [-0.3, -0.25) is 5.32 Å². The summed E-state index contributed by atoms with van der Waals surface area (Å²) >= 11 is 0. The van der Waals surface area contributed by atoms with Gasteiger partial charge < -0.3 is 9.64 Å². The van der Waals surface area contributed by atoms with Crippen molar-refractivity contribution < 1.29 is 4.74 Å². The van der Waals surface area contributed by atoms with Crippen LogP contribution in [0.3, 0.4) is 0 Å². The molecule has 2 fully saturated rings. The Morgan fingerprint density at radius 2 is 2.06 bits per heavy atom. The number of nitrogens with zero attached hydrogens (tertiary/aromatic N) is 1. The minimum absolute atomic E-state index is 0.0624. The molecule has 2 rings (SSSR count). The maximum atomic E-state index is 5.98. The third kappa shape index (κ3) is 3.19. The van der Waals surface area contributed by atoms with Crippen LogP contribution >= 0.6 is 0 Å². The molecule has 2 atom stereocenters. The van der Waals surface area contributed by atoms with E-state index in [1.807, 2.05) is 0 Å². The third-order valence-corrected chi connectivity index (χ3v) is 4.03. The molecule has 0 aliphatic carbocycles. The third-order valence-electron chi connectivity index (χ3n) is 4.03. The quantitative estimate of drug-likeness (QED) is 0.775. The number of hydrogen-bond donors (Lipinski definition) is 1. The average molecular weight is 226 g/mol. The van der Waals surface area contributed by atoms with Crippen LogP contribution in [-0.4, -0.2) is 43.9 Å². The molecule has 2 heterocycles. The number of rotatable bonds is 2. The van der Waals surface area contributed by atoms with E-state index in [1.54, 1.807) is 0 Å². The fraction of sp³-hybridized carbons (Fsp3) is 1.00. The van der Waals surface area contributed by atoms with Gasteiger partial charge in [0, 0.05) is 6.54 Å². The molecule has 2 aliphatic rings. The first kappa shape index (κ1) is 12.3. The Morgan fingerprint density at radius 1 is 1.38 bits per heavy atom.